The van der Waals surface area contributed by atoms with Crippen LogP contribution in [0.15, 0.2) is 0 Å². The van der Waals surface area contributed by atoms with E-state index in [9.17, 15) is 4.79 Å². The summed E-state index contributed by atoms with van der Waals surface area (Å²) >= 11 is 0. The van der Waals surface area contributed by atoms with Crippen LogP contribution in [0.25, 0.3) is 0 Å². The second-order valence-corrected chi connectivity index (χ2v) is 3.90. The Morgan fingerprint density at radius 3 is 2.69 bits per heavy atom. The van der Waals surface area contributed by atoms with Crippen LogP contribution >= 0.6 is 0 Å². The van der Waals surface area contributed by atoms with Gasteiger partial charge in [-0.25, -0.2) is 0 Å². The number of hydrogen-bond donors (Lipinski definition) is 3. The molecule has 0 aromatic heterocycles. The van der Waals surface area contributed by atoms with Gasteiger partial charge in [0.15, 0.2) is 0 Å². The highest BCUT2D eigenvalue weighted by Crippen LogP contribution is 2.26. The Balaban J connectivity index is 2.02. The minimum atomic E-state index is -0.770. The molecule has 4 nitrogen and oxygen atoms in total. The Kier molecular flexibility index (Phi) is 3.69. The molecular weight excluding hydrogens is 170 g/mol. The summed E-state index contributed by atoms with van der Waals surface area (Å²) in [5, 5.41) is 20.6. The molecule has 1 atom stereocenters. The Morgan fingerprint density at radius 2 is 2.23 bits per heavy atom. The first-order valence-electron chi connectivity index (χ1n) is 4.71. The number of carboxylic acids is 1. The van der Waals surface area contributed by atoms with Gasteiger partial charge < -0.3 is 15.5 Å². The molecule has 1 fully saturated rings. The minimum Gasteiger partial charge on any atom is -0.481 e. The van der Waals surface area contributed by atoms with Gasteiger partial charge in [0.25, 0.3) is 0 Å². The van der Waals surface area contributed by atoms with Gasteiger partial charge in [0, 0.05) is 6.04 Å². The predicted octanol–water partition coefficient (Wildman–Crippen LogP) is 0.210. The largest absolute Gasteiger partial charge is 0.481 e. The maximum atomic E-state index is 10.3. The van der Waals surface area contributed by atoms with Crippen molar-refractivity contribution >= 4 is 5.97 Å². The van der Waals surface area contributed by atoms with E-state index in [1.165, 1.54) is 0 Å². The van der Waals surface area contributed by atoms with Crippen LogP contribution in [0.2, 0.25) is 0 Å². The number of hydrogen-bond acceptors (Lipinski definition) is 3. The Bertz CT molecular complexity index is 178. The van der Waals surface area contributed by atoms with Crippen molar-refractivity contribution in [2.24, 2.45) is 5.92 Å². The standard InChI is InChI=1S/C9H17NO3/c1-6(2-9(12)13)10-5-7-3-8(11)4-7/h6-8,10-11H,2-5H2,1H3,(H,12,13). The van der Waals surface area contributed by atoms with Gasteiger partial charge in [-0.3, -0.25) is 4.79 Å². The summed E-state index contributed by atoms with van der Waals surface area (Å²) in [6.07, 6.45) is 1.75. The highest BCUT2D eigenvalue weighted by atomic mass is 16.4. The molecule has 0 aromatic rings. The number of nitrogens with one attached hydrogen (secondary N) is 1. The molecule has 0 saturated heterocycles. The minimum absolute atomic E-state index is 0.0234. The van der Waals surface area contributed by atoms with Gasteiger partial charge in [-0.2, -0.15) is 0 Å². The van der Waals surface area contributed by atoms with Gasteiger partial charge in [-0.05, 0) is 32.2 Å². The van der Waals surface area contributed by atoms with Gasteiger partial charge in [-0.1, -0.05) is 0 Å². The van der Waals surface area contributed by atoms with Crippen molar-refractivity contribution in [1.29, 1.82) is 0 Å². The number of aliphatic carboxylic acids is 1. The highest BCUT2D eigenvalue weighted by molar-refractivity contribution is 5.67. The summed E-state index contributed by atoms with van der Waals surface area (Å²) < 4.78 is 0. The quantitative estimate of drug-likeness (QED) is 0.575. The molecule has 1 unspecified atom stereocenters. The lowest BCUT2D eigenvalue weighted by Gasteiger charge is -2.32. The second-order valence-electron chi connectivity index (χ2n) is 3.90. The van der Waals surface area contributed by atoms with Crippen molar-refractivity contribution in [2.45, 2.75) is 38.3 Å². The second kappa shape index (κ2) is 4.58. The normalized spacial score (nSPS) is 29.4. The van der Waals surface area contributed by atoms with Crippen LogP contribution in [0.5, 0.6) is 0 Å². The fraction of sp³-hybridized carbons (Fsp3) is 0.889. The smallest absolute Gasteiger partial charge is 0.304 e. The molecule has 0 amide bonds. The van der Waals surface area contributed by atoms with E-state index in [0.29, 0.717) is 5.92 Å². The van der Waals surface area contributed by atoms with Crippen molar-refractivity contribution < 1.29 is 15.0 Å². The summed E-state index contributed by atoms with van der Waals surface area (Å²) in [6.45, 7) is 2.69. The molecule has 0 bridgehead atoms. The zero-order valence-corrected chi connectivity index (χ0v) is 7.86. The van der Waals surface area contributed by atoms with E-state index < -0.39 is 5.97 Å². The van der Waals surface area contributed by atoms with Crippen LogP contribution in [-0.2, 0) is 4.79 Å². The van der Waals surface area contributed by atoms with Gasteiger partial charge in [0.2, 0.25) is 0 Å². The molecule has 3 N–H and O–H groups in total. The first-order chi connectivity index (χ1) is 6.08. The average Bonchev–Trinajstić information content (AvgIpc) is 1.94. The third kappa shape index (κ3) is 3.74. The van der Waals surface area contributed by atoms with E-state index in [-0.39, 0.29) is 18.6 Å². The molecule has 1 aliphatic rings. The number of carboxylic acid groups (broad SMARTS) is 1. The maximum Gasteiger partial charge on any atom is 0.304 e. The first kappa shape index (κ1) is 10.5. The molecule has 76 valence electrons. The number of carbonyl (C=O) groups is 1. The lowest BCUT2D eigenvalue weighted by molar-refractivity contribution is -0.137. The molecule has 0 radical (unpaired) electrons. The lowest BCUT2D eigenvalue weighted by Crippen LogP contribution is -2.39. The zero-order chi connectivity index (χ0) is 9.84. The van der Waals surface area contributed by atoms with Crippen molar-refractivity contribution in [3.8, 4) is 0 Å². The van der Waals surface area contributed by atoms with Gasteiger partial charge in [0.05, 0.1) is 12.5 Å². The topological polar surface area (TPSA) is 69.6 Å². The third-order valence-corrected chi connectivity index (χ3v) is 2.45. The monoisotopic (exact) mass is 187 g/mol. The number of rotatable bonds is 5. The molecule has 1 saturated carbocycles. The molecule has 0 aliphatic heterocycles. The van der Waals surface area contributed by atoms with E-state index in [0.717, 1.165) is 19.4 Å². The van der Waals surface area contributed by atoms with E-state index in [2.05, 4.69) is 5.32 Å². The first-order valence-corrected chi connectivity index (χ1v) is 4.71. The van der Waals surface area contributed by atoms with Crippen LogP contribution in [0.4, 0.5) is 0 Å². The van der Waals surface area contributed by atoms with Crippen molar-refractivity contribution in [2.75, 3.05) is 6.54 Å². The highest BCUT2D eigenvalue weighted by Gasteiger charge is 2.26. The molecule has 0 aromatic carbocycles. The fourth-order valence-electron chi connectivity index (χ4n) is 1.57. The third-order valence-electron chi connectivity index (χ3n) is 2.45. The Morgan fingerprint density at radius 1 is 1.62 bits per heavy atom. The van der Waals surface area contributed by atoms with Gasteiger partial charge in [-0.15, -0.1) is 0 Å². The van der Waals surface area contributed by atoms with Gasteiger partial charge >= 0.3 is 5.97 Å². The van der Waals surface area contributed by atoms with Gasteiger partial charge in [0.1, 0.15) is 0 Å². The van der Waals surface area contributed by atoms with Crippen molar-refractivity contribution in [3.63, 3.8) is 0 Å². The van der Waals surface area contributed by atoms with Crippen LogP contribution < -0.4 is 5.32 Å². The molecule has 0 heterocycles. The van der Waals surface area contributed by atoms with E-state index in [4.69, 9.17) is 10.2 Å². The number of aliphatic hydroxyl groups excluding tert-OH is 1. The summed E-state index contributed by atoms with van der Waals surface area (Å²) in [7, 11) is 0. The SMILES string of the molecule is CC(CC(=O)O)NCC1CC(O)C1. The molecule has 13 heavy (non-hydrogen) atoms. The summed E-state index contributed by atoms with van der Waals surface area (Å²) in [6, 6.07) is 0.0234. The van der Waals surface area contributed by atoms with E-state index >= 15 is 0 Å². The van der Waals surface area contributed by atoms with Crippen LogP contribution in [-0.4, -0.2) is 34.9 Å². The maximum absolute atomic E-state index is 10.3. The Hall–Kier alpha value is -0.610. The van der Waals surface area contributed by atoms with Crippen LogP contribution in [0, 0.1) is 5.92 Å². The molecule has 1 rings (SSSR count). The van der Waals surface area contributed by atoms with Crippen LogP contribution in [0.1, 0.15) is 26.2 Å². The Labute approximate surface area is 78.0 Å². The van der Waals surface area contributed by atoms with Crippen molar-refractivity contribution in [3.05, 3.63) is 0 Å². The fourth-order valence-corrected chi connectivity index (χ4v) is 1.57. The zero-order valence-electron chi connectivity index (χ0n) is 7.86. The van der Waals surface area contributed by atoms with Crippen LogP contribution in [0.3, 0.4) is 0 Å². The van der Waals surface area contributed by atoms with E-state index in [1.54, 1.807) is 0 Å². The lowest BCUT2D eigenvalue weighted by atomic mass is 9.82. The van der Waals surface area contributed by atoms with E-state index in [1.807, 2.05) is 6.92 Å². The molecule has 0 spiro atoms. The average molecular weight is 187 g/mol. The van der Waals surface area contributed by atoms with Crippen molar-refractivity contribution in [1.82, 2.24) is 5.32 Å². The summed E-state index contributed by atoms with van der Waals surface area (Å²) in [5.41, 5.74) is 0. The molecular formula is C9H17NO3. The predicted molar refractivity (Wildman–Crippen MR) is 48.4 cm³/mol. The molecule has 1 aliphatic carbocycles. The number of aliphatic hydroxyl groups is 1. The summed E-state index contributed by atoms with van der Waals surface area (Å²) in [5.74, 6) is -0.236. The molecule has 4 heteroatoms. The summed E-state index contributed by atoms with van der Waals surface area (Å²) in [4.78, 5) is 10.3.